The Balaban J connectivity index is 1.51. The molecule has 5 atom stereocenters. The van der Waals surface area contributed by atoms with Gasteiger partial charge < -0.3 is 13.7 Å². The topological polar surface area (TPSA) is 43.4 Å². The van der Waals surface area contributed by atoms with Crippen LogP contribution in [0.3, 0.4) is 0 Å². The predicted octanol–water partition coefficient (Wildman–Crippen LogP) is 7.66. The summed E-state index contributed by atoms with van der Waals surface area (Å²) < 4.78 is 7.38. The fraction of sp³-hybridized carbons (Fsp3) is 0.943. The van der Waals surface area contributed by atoms with Crippen LogP contribution in [0, 0.1) is 29.6 Å². The number of Topliss-reactive ketones (excluding diaryl/α,β-unsaturated/α-hetero) is 1. The SMILES string of the molecule is CC(C)[C@H]1CC[C@@H](C)C[C@H]1C(=O)C[N+](C)(C)CCCCCCCCCC[N+](C)(C)CC(=O)O[C@H]1CCC[C@@H](C)C1. The number of carbonyl (C=O) groups is 2. The first-order chi connectivity index (χ1) is 18.8. The number of carbonyl (C=O) groups excluding carboxylic acids is 2. The van der Waals surface area contributed by atoms with Gasteiger partial charge in [-0.25, -0.2) is 4.79 Å². The van der Waals surface area contributed by atoms with Crippen molar-refractivity contribution in [2.45, 2.75) is 130 Å². The molecule has 0 radical (unpaired) electrons. The van der Waals surface area contributed by atoms with Crippen molar-refractivity contribution in [1.29, 1.82) is 0 Å². The summed E-state index contributed by atoms with van der Waals surface area (Å²) in [4.78, 5) is 25.8. The number of ketones is 1. The van der Waals surface area contributed by atoms with Crippen LogP contribution in [-0.4, -0.2) is 81.2 Å². The van der Waals surface area contributed by atoms with Gasteiger partial charge in [-0.1, -0.05) is 66.2 Å². The van der Waals surface area contributed by atoms with Crippen LogP contribution in [0.2, 0.25) is 0 Å². The molecule has 0 saturated heterocycles. The van der Waals surface area contributed by atoms with Gasteiger partial charge in [0.2, 0.25) is 0 Å². The third-order valence-electron chi connectivity index (χ3n) is 10.0. The van der Waals surface area contributed by atoms with Gasteiger partial charge in [-0.15, -0.1) is 0 Å². The number of unbranched alkanes of at least 4 members (excludes halogenated alkanes) is 7. The van der Waals surface area contributed by atoms with Crippen molar-refractivity contribution in [1.82, 2.24) is 0 Å². The number of ether oxygens (including phenoxy) is 1. The first kappa shape index (κ1) is 35.3. The quantitative estimate of drug-likeness (QED) is 0.0975. The van der Waals surface area contributed by atoms with Crippen LogP contribution in [0.25, 0.3) is 0 Å². The zero-order chi connectivity index (χ0) is 29.8. The lowest BCUT2D eigenvalue weighted by Crippen LogP contribution is -2.48. The van der Waals surface area contributed by atoms with Gasteiger partial charge in [-0.05, 0) is 81.5 Å². The monoisotopic (exact) mass is 565 g/mol. The maximum atomic E-state index is 13.3. The Morgan fingerprint density at radius 1 is 0.700 bits per heavy atom. The largest absolute Gasteiger partial charge is 0.458 e. The Bertz CT molecular complexity index is 747. The second-order valence-electron chi connectivity index (χ2n) is 15.7. The maximum Gasteiger partial charge on any atom is 0.362 e. The molecule has 0 unspecified atom stereocenters. The highest BCUT2D eigenvalue weighted by Gasteiger charge is 2.37. The zero-order valence-corrected chi connectivity index (χ0v) is 28.0. The average molecular weight is 565 g/mol. The minimum absolute atomic E-state index is 0.0152. The van der Waals surface area contributed by atoms with Gasteiger partial charge in [0.05, 0.1) is 41.3 Å². The van der Waals surface area contributed by atoms with Gasteiger partial charge in [0.25, 0.3) is 0 Å². The fourth-order valence-corrected chi connectivity index (χ4v) is 7.47. The van der Waals surface area contributed by atoms with Crippen LogP contribution in [0.1, 0.15) is 124 Å². The third-order valence-corrected chi connectivity index (χ3v) is 10.0. The molecule has 0 spiro atoms. The van der Waals surface area contributed by atoms with Crippen LogP contribution in [0.5, 0.6) is 0 Å². The molecule has 2 fully saturated rings. The van der Waals surface area contributed by atoms with Crippen LogP contribution >= 0.6 is 0 Å². The summed E-state index contributed by atoms with van der Waals surface area (Å²) in [5.74, 6) is 3.37. The van der Waals surface area contributed by atoms with Gasteiger partial charge in [0.1, 0.15) is 12.6 Å². The molecule has 0 heterocycles. The summed E-state index contributed by atoms with van der Waals surface area (Å²) in [5.41, 5.74) is 0. The van der Waals surface area contributed by atoms with E-state index in [-0.39, 0.29) is 18.0 Å². The third kappa shape index (κ3) is 13.8. The molecule has 2 rings (SSSR count). The fourth-order valence-electron chi connectivity index (χ4n) is 7.47. The number of quaternary nitrogens is 2. The standard InChI is InChI=1S/C35H68N2O3/c1-28(2)32-21-20-30(4)25-33(32)34(38)26-36(5,6)22-15-13-11-9-10-12-14-16-23-37(7,8)27-35(39)40-31-19-17-18-29(3)24-31/h28-33H,9-27H2,1-8H3/q+2/t29-,30-,31+,32-,33-/m1/s1. The molecule has 0 N–H and O–H groups in total. The molecule has 0 aliphatic heterocycles. The van der Waals surface area contributed by atoms with Crippen molar-refractivity contribution in [3.05, 3.63) is 0 Å². The van der Waals surface area contributed by atoms with Gasteiger partial charge in [-0.3, -0.25) is 4.79 Å². The van der Waals surface area contributed by atoms with E-state index in [0.29, 0.717) is 42.5 Å². The van der Waals surface area contributed by atoms with Crippen molar-refractivity contribution < 1.29 is 23.3 Å². The van der Waals surface area contributed by atoms with Crippen molar-refractivity contribution in [3.63, 3.8) is 0 Å². The van der Waals surface area contributed by atoms with E-state index in [0.717, 1.165) is 41.3 Å². The highest BCUT2D eigenvalue weighted by Crippen LogP contribution is 2.38. The second kappa shape index (κ2) is 17.2. The molecular formula is C35H68N2O3+2. The van der Waals surface area contributed by atoms with Crippen molar-refractivity contribution in [3.8, 4) is 0 Å². The van der Waals surface area contributed by atoms with E-state index >= 15 is 0 Å². The van der Waals surface area contributed by atoms with Gasteiger partial charge in [0.15, 0.2) is 12.3 Å². The molecule has 234 valence electrons. The van der Waals surface area contributed by atoms with Gasteiger partial charge in [0, 0.05) is 5.92 Å². The Morgan fingerprint density at radius 3 is 1.77 bits per heavy atom. The highest BCUT2D eigenvalue weighted by atomic mass is 16.5. The molecule has 0 aromatic carbocycles. The van der Waals surface area contributed by atoms with Crippen LogP contribution in [-0.2, 0) is 14.3 Å². The summed E-state index contributed by atoms with van der Waals surface area (Å²) in [6.45, 7) is 12.5. The Hall–Kier alpha value is -0.940. The van der Waals surface area contributed by atoms with Crippen molar-refractivity contribution >= 4 is 11.8 Å². The maximum absolute atomic E-state index is 13.3. The van der Waals surface area contributed by atoms with E-state index in [9.17, 15) is 9.59 Å². The van der Waals surface area contributed by atoms with Crippen LogP contribution < -0.4 is 0 Å². The number of likely N-dealkylation sites (N-methyl/N-ethyl adjacent to an activating group) is 2. The van der Waals surface area contributed by atoms with Gasteiger partial charge >= 0.3 is 5.97 Å². The average Bonchev–Trinajstić information content (AvgIpc) is 2.84. The van der Waals surface area contributed by atoms with Crippen LogP contribution in [0.4, 0.5) is 0 Å². The van der Waals surface area contributed by atoms with Crippen molar-refractivity contribution in [2.75, 3.05) is 54.4 Å². The Morgan fingerprint density at radius 2 is 1.23 bits per heavy atom. The summed E-state index contributed by atoms with van der Waals surface area (Å²) in [6.07, 6.45) is 18.4. The zero-order valence-electron chi connectivity index (χ0n) is 28.0. The van der Waals surface area contributed by atoms with E-state index in [4.69, 9.17) is 4.74 Å². The smallest absolute Gasteiger partial charge is 0.362 e. The Kier molecular flexibility index (Phi) is 15.2. The van der Waals surface area contributed by atoms with Crippen molar-refractivity contribution in [2.24, 2.45) is 29.6 Å². The molecule has 40 heavy (non-hydrogen) atoms. The number of nitrogens with zero attached hydrogens (tertiary/aromatic N) is 2. The molecule has 0 aromatic heterocycles. The van der Waals surface area contributed by atoms with E-state index in [1.54, 1.807) is 0 Å². The predicted molar refractivity (Wildman–Crippen MR) is 168 cm³/mol. The highest BCUT2D eigenvalue weighted by molar-refractivity contribution is 5.82. The first-order valence-electron chi connectivity index (χ1n) is 17.1. The lowest BCUT2D eigenvalue weighted by molar-refractivity contribution is -0.883. The van der Waals surface area contributed by atoms with E-state index < -0.39 is 0 Å². The Labute approximate surface area is 249 Å². The summed E-state index contributed by atoms with van der Waals surface area (Å²) in [6, 6.07) is 0. The molecule has 2 aliphatic rings. The molecule has 0 amide bonds. The molecule has 2 saturated carbocycles. The minimum Gasteiger partial charge on any atom is -0.458 e. The molecule has 0 bridgehead atoms. The normalized spacial score (nSPS) is 26.2. The van der Waals surface area contributed by atoms with E-state index in [1.165, 1.54) is 77.0 Å². The number of esters is 1. The van der Waals surface area contributed by atoms with Crippen LogP contribution in [0.15, 0.2) is 0 Å². The molecule has 5 heteroatoms. The number of rotatable bonds is 18. The van der Waals surface area contributed by atoms with E-state index in [1.807, 2.05) is 0 Å². The molecular weight excluding hydrogens is 496 g/mol. The summed E-state index contributed by atoms with van der Waals surface area (Å²) >= 11 is 0. The summed E-state index contributed by atoms with van der Waals surface area (Å²) in [7, 11) is 8.84. The van der Waals surface area contributed by atoms with Gasteiger partial charge in [-0.2, -0.15) is 0 Å². The molecule has 2 aliphatic carbocycles. The lowest BCUT2D eigenvalue weighted by atomic mass is 9.68. The number of hydrogen-bond acceptors (Lipinski definition) is 3. The number of hydrogen-bond donors (Lipinski definition) is 0. The summed E-state index contributed by atoms with van der Waals surface area (Å²) in [5, 5.41) is 0. The second-order valence-corrected chi connectivity index (χ2v) is 15.7. The van der Waals surface area contributed by atoms with E-state index in [2.05, 4.69) is 55.9 Å². The minimum atomic E-state index is -0.0152. The first-order valence-corrected chi connectivity index (χ1v) is 17.1. The molecule has 5 nitrogen and oxygen atoms in total. The lowest BCUT2D eigenvalue weighted by Gasteiger charge is -2.38. The molecule has 0 aromatic rings.